The summed E-state index contributed by atoms with van der Waals surface area (Å²) in [6.45, 7) is 13.2. The first-order valence-electron chi connectivity index (χ1n) is 15.3. The van der Waals surface area contributed by atoms with Gasteiger partial charge in [-0.25, -0.2) is 0 Å². The smallest absolute Gasteiger partial charge is 0.248 e. The van der Waals surface area contributed by atoms with Gasteiger partial charge in [-0.2, -0.15) is 0 Å². The maximum absolute atomic E-state index is 14.5. The standard InChI is InChI=1S/C33H47N3O5/c1-5-15-24(4)34(20-6-2)32(40)29-33-19-18-26(41-33)27(28(33)31(39)36(29)22-13-8-9-14-23-37)30(38)35(21-7-3)25-16-11-10-12-17-25/h6-7,10-12,16-17,24,26-29,37H,2-3,5,8-9,13-15,18-23H2,1,4H3/t24?,26-,27+,28+,29?,33?/m1/s1. The quantitative estimate of drug-likeness (QED) is 0.238. The molecule has 3 saturated heterocycles. The molecule has 1 spiro atoms. The van der Waals surface area contributed by atoms with E-state index in [2.05, 4.69) is 20.1 Å². The number of unbranched alkanes of at least 4 members (excludes halogenated alkanes) is 3. The Kier molecular flexibility index (Phi) is 10.4. The zero-order valence-corrected chi connectivity index (χ0v) is 24.7. The zero-order valence-electron chi connectivity index (χ0n) is 24.7. The molecule has 1 N–H and O–H groups in total. The van der Waals surface area contributed by atoms with Crippen molar-refractivity contribution in [2.45, 2.75) is 89.0 Å². The molecule has 8 nitrogen and oxygen atoms in total. The van der Waals surface area contributed by atoms with Crippen LogP contribution in [0.4, 0.5) is 5.69 Å². The van der Waals surface area contributed by atoms with Crippen molar-refractivity contribution in [2.75, 3.05) is 31.1 Å². The number of para-hydroxylation sites is 1. The van der Waals surface area contributed by atoms with Gasteiger partial charge in [0.1, 0.15) is 11.6 Å². The molecule has 3 fully saturated rings. The van der Waals surface area contributed by atoms with Crippen molar-refractivity contribution in [1.29, 1.82) is 0 Å². The predicted molar refractivity (Wildman–Crippen MR) is 160 cm³/mol. The molecular weight excluding hydrogens is 518 g/mol. The number of hydrogen-bond donors (Lipinski definition) is 1. The number of aliphatic hydroxyl groups excluding tert-OH is 1. The molecule has 3 aliphatic rings. The van der Waals surface area contributed by atoms with Crippen LogP contribution in [0.1, 0.15) is 65.2 Å². The molecule has 4 rings (SSSR count). The van der Waals surface area contributed by atoms with E-state index in [4.69, 9.17) is 4.74 Å². The minimum atomic E-state index is -1.02. The average Bonchev–Trinajstić information content (AvgIpc) is 3.62. The van der Waals surface area contributed by atoms with Gasteiger partial charge >= 0.3 is 0 Å². The summed E-state index contributed by atoms with van der Waals surface area (Å²) in [5.41, 5.74) is -0.273. The molecule has 224 valence electrons. The lowest BCUT2D eigenvalue weighted by molar-refractivity contribution is -0.149. The molecule has 1 aromatic carbocycles. The summed E-state index contributed by atoms with van der Waals surface area (Å²) < 4.78 is 6.69. The highest BCUT2D eigenvalue weighted by Gasteiger charge is 2.74. The molecule has 0 aliphatic carbocycles. The first kappa shape index (κ1) is 31.0. The zero-order chi connectivity index (χ0) is 29.6. The van der Waals surface area contributed by atoms with Crippen LogP contribution in [0.2, 0.25) is 0 Å². The number of carbonyl (C=O) groups excluding carboxylic acids is 3. The van der Waals surface area contributed by atoms with Gasteiger partial charge in [-0.3, -0.25) is 14.4 Å². The number of rotatable bonds is 16. The first-order valence-corrected chi connectivity index (χ1v) is 15.3. The average molecular weight is 566 g/mol. The molecule has 0 saturated carbocycles. The van der Waals surface area contributed by atoms with Crippen LogP contribution in [0.25, 0.3) is 0 Å². The normalized spacial score (nSPS) is 27.0. The van der Waals surface area contributed by atoms with Gasteiger partial charge in [0, 0.05) is 38.0 Å². The van der Waals surface area contributed by atoms with Crippen molar-refractivity contribution in [2.24, 2.45) is 11.8 Å². The number of aliphatic hydroxyl groups is 1. The van der Waals surface area contributed by atoms with Crippen LogP contribution in [0.3, 0.4) is 0 Å². The fourth-order valence-corrected chi connectivity index (χ4v) is 7.30. The predicted octanol–water partition coefficient (Wildman–Crippen LogP) is 4.34. The number of carbonyl (C=O) groups is 3. The van der Waals surface area contributed by atoms with Gasteiger partial charge in [0.05, 0.1) is 17.9 Å². The lowest BCUT2D eigenvalue weighted by Gasteiger charge is -2.39. The van der Waals surface area contributed by atoms with E-state index in [9.17, 15) is 19.5 Å². The van der Waals surface area contributed by atoms with Gasteiger partial charge < -0.3 is 24.5 Å². The second-order valence-electron chi connectivity index (χ2n) is 11.7. The first-order chi connectivity index (χ1) is 19.9. The third-order valence-corrected chi connectivity index (χ3v) is 9.12. The van der Waals surface area contributed by atoms with Gasteiger partial charge in [-0.15, -0.1) is 13.2 Å². The van der Waals surface area contributed by atoms with E-state index >= 15 is 0 Å². The number of amides is 3. The second kappa shape index (κ2) is 13.8. The van der Waals surface area contributed by atoms with Gasteiger partial charge in [0.15, 0.2) is 0 Å². The minimum absolute atomic E-state index is 0.0142. The van der Waals surface area contributed by atoms with Gasteiger partial charge in [-0.05, 0) is 51.2 Å². The number of fused-ring (bicyclic) bond motifs is 1. The molecule has 1 aromatic rings. The van der Waals surface area contributed by atoms with Crippen LogP contribution in [-0.2, 0) is 19.1 Å². The Morgan fingerprint density at radius 2 is 1.83 bits per heavy atom. The van der Waals surface area contributed by atoms with Gasteiger partial charge in [0.2, 0.25) is 17.7 Å². The number of benzene rings is 1. The summed E-state index contributed by atoms with van der Waals surface area (Å²) in [6, 6.07) is 8.65. The van der Waals surface area contributed by atoms with Crippen LogP contribution in [-0.4, -0.2) is 82.7 Å². The minimum Gasteiger partial charge on any atom is -0.396 e. The van der Waals surface area contributed by atoms with E-state index < -0.39 is 29.6 Å². The molecule has 0 aromatic heterocycles. The molecule has 3 heterocycles. The number of hydrogen-bond acceptors (Lipinski definition) is 5. The fraction of sp³-hybridized carbons (Fsp3) is 0.606. The topological polar surface area (TPSA) is 90.4 Å². The monoisotopic (exact) mass is 565 g/mol. The van der Waals surface area contributed by atoms with Crippen molar-refractivity contribution >= 4 is 23.4 Å². The van der Waals surface area contributed by atoms with E-state index in [0.29, 0.717) is 38.9 Å². The largest absolute Gasteiger partial charge is 0.396 e. The third kappa shape index (κ3) is 5.86. The van der Waals surface area contributed by atoms with Crippen LogP contribution in [0.15, 0.2) is 55.6 Å². The maximum Gasteiger partial charge on any atom is 0.248 e. The van der Waals surface area contributed by atoms with Crippen molar-refractivity contribution in [3.63, 3.8) is 0 Å². The molecular formula is C33H47N3O5. The number of ether oxygens (including phenoxy) is 1. The van der Waals surface area contributed by atoms with Crippen molar-refractivity contribution in [3.8, 4) is 0 Å². The molecule has 2 bridgehead atoms. The Bertz CT molecular complexity index is 1090. The van der Waals surface area contributed by atoms with E-state index in [1.54, 1.807) is 22.0 Å². The molecule has 3 amide bonds. The highest BCUT2D eigenvalue weighted by atomic mass is 16.5. The Labute approximate surface area is 245 Å². The van der Waals surface area contributed by atoms with Crippen LogP contribution < -0.4 is 4.90 Å². The Balaban J connectivity index is 1.70. The molecule has 3 unspecified atom stereocenters. The van der Waals surface area contributed by atoms with Gasteiger partial charge in [0.25, 0.3) is 0 Å². The summed E-state index contributed by atoms with van der Waals surface area (Å²) in [4.78, 5) is 48.3. The summed E-state index contributed by atoms with van der Waals surface area (Å²) in [5, 5.41) is 9.19. The lowest BCUT2D eigenvalue weighted by Crippen LogP contribution is -2.58. The summed E-state index contributed by atoms with van der Waals surface area (Å²) in [7, 11) is 0. The molecule has 6 atom stereocenters. The van der Waals surface area contributed by atoms with Crippen LogP contribution in [0, 0.1) is 11.8 Å². The summed E-state index contributed by atoms with van der Waals surface area (Å²) in [5.74, 6) is -1.79. The van der Waals surface area contributed by atoms with E-state index in [-0.39, 0.29) is 30.4 Å². The fourth-order valence-electron chi connectivity index (χ4n) is 7.30. The number of nitrogens with zero attached hydrogens (tertiary/aromatic N) is 3. The highest BCUT2D eigenvalue weighted by Crippen LogP contribution is 2.59. The molecule has 41 heavy (non-hydrogen) atoms. The van der Waals surface area contributed by atoms with E-state index in [1.165, 1.54) is 0 Å². The maximum atomic E-state index is 14.5. The summed E-state index contributed by atoms with van der Waals surface area (Å²) in [6.07, 6.45) is 9.15. The SMILES string of the molecule is C=CCN(C(=O)[C@@H]1[C@H]2C(=O)N(CCCCCCO)C(C(=O)N(CC=C)C(C)CCC)C23CC[C@H]1O3)c1ccccc1. The van der Waals surface area contributed by atoms with Gasteiger partial charge in [-0.1, -0.05) is 56.5 Å². The lowest BCUT2D eigenvalue weighted by atomic mass is 9.70. The second-order valence-corrected chi connectivity index (χ2v) is 11.7. The summed E-state index contributed by atoms with van der Waals surface area (Å²) >= 11 is 0. The molecule has 0 radical (unpaired) electrons. The van der Waals surface area contributed by atoms with Crippen molar-refractivity contribution < 1.29 is 24.2 Å². The number of anilines is 1. The third-order valence-electron chi connectivity index (χ3n) is 9.12. The Hall–Kier alpha value is -2.97. The molecule has 3 aliphatic heterocycles. The van der Waals surface area contributed by atoms with Crippen molar-refractivity contribution in [1.82, 2.24) is 9.80 Å². The number of likely N-dealkylation sites (tertiary alicyclic amines) is 1. The van der Waals surface area contributed by atoms with E-state index in [0.717, 1.165) is 37.8 Å². The Morgan fingerprint density at radius 1 is 1.12 bits per heavy atom. The Morgan fingerprint density at radius 3 is 2.49 bits per heavy atom. The molecule has 8 heteroatoms. The van der Waals surface area contributed by atoms with Crippen LogP contribution in [0.5, 0.6) is 0 Å². The van der Waals surface area contributed by atoms with E-state index in [1.807, 2.05) is 42.2 Å². The van der Waals surface area contributed by atoms with Crippen molar-refractivity contribution in [3.05, 3.63) is 55.6 Å². The highest BCUT2D eigenvalue weighted by molar-refractivity contribution is 6.03. The van der Waals surface area contributed by atoms with Crippen LogP contribution >= 0.6 is 0 Å².